The van der Waals surface area contributed by atoms with Crippen molar-refractivity contribution in [1.82, 2.24) is 9.97 Å². The van der Waals surface area contributed by atoms with Crippen LogP contribution in [0.25, 0.3) is 11.4 Å². The van der Waals surface area contributed by atoms with Crippen LogP contribution in [-0.2, 0) is 21.3 Å². The molecule has 2 heterocycles. The molecule has 1 aromatic heterocycles. The molecule has 1 aliphatic heterocycles. The molecule has 0 aliphatic carbocycles. The highest BCUT2D eigenvalue weighted by Crippen LogP contribution is 2.34. The molecule has 3 aromatic rings. The van der Waals surface area contributed by atoms with E-state index in [0.29, 0.717) is 11.3 Å². The van der Waals surface area contributed by atoms with Crippen LogP contribution in [0.5, 0.6) is 0 Å². The first-order valence-corrected chi connectivity index (χ1v) is 10.1. The monoisotopic (exact) mass is 407 g/mol. The molecule has 0 amide bonds. The maximum absolute atomic E-state index is 14.3. The summed E-state index contributed by atoms with van der Waals surface area (Å²) in [5.41, 5.74) is 1.18. The minimum Gasteiger partial charge on any atom is -0.340 e. The summed E-state index contributed by atoms with van der Waals surface area (Å²) in [5.74, 6) is -1.97. The van der Waals surface area contributed by atoms with Crippen molar-refractivity contribution in [2.75, 3.05) is 5.32 Å². The van der Waals surface area contributed by atoms with Crippen LogP contribution < -0.4 is 5.32 Å². The van der Waals surface area contributed by atoms with E-state index >= 15 is 0 Å². The fourth-order valence-corrected chi connectivity index (χ4v) is 4.51. The van der Waals surface area contributed by atoms with Gasteiger partial charge in [0.15, 0.2) is 15.7 Å². The third-order valence-electron chi connectivity index (χ3n) is 4.10. The third-order valence-corrected chi connectivity index (χ3v) is 5.83. The van der Waals surface area contributed by atoms with Gasteiger partial charge in [0.2, 0.25) is 0 Å². The minimum atomic E-state index is -3.38. The zero-order valence-electron chi connectivity index (χ0n) is 13.7. The molecule has 5 nitrogen and oxygen atoms in total. The number of nitrogens with one attached hydrogen (secondary N) is 1. The number of hydrogen-bond acceptors (Lipinski definition) is 5. The molecule has 27 heavy (non-hydrogen) atoms. The number of rotatable bonds is 3. The van der Waals surface area contributed by atoms with Crippen molar-refractivity contribution < 1.29 is 17.2 Å². The number of sulfone groups is 1. The van der Waals surface area contributed by atoms with Gasteiger partial charge in [-0.05, 0) is 24.3 Å². The van der Waals surface area contributed by atoms with E-state index in [4.69, 9.17) is 11.6 Å². The molecule has 0 unspecified atom stereocenters. The maximum Gasteiger partial charge on any atom is 0.164 e. The predicted octanol–water partition coefficient (Wildman–Crippen LogP) is 4.25. The van der Waals surface area contributed by atoms with Crippen molar-refractivity contribution in [3.05, 3.63) is 70.4 Å². The van der Waals surface area contributed by atoms with E-state index in [1.54, 1.807) is 24.3 Å². The Labute approximate surface area is 159 Å². The molecule has 2 aromatic carbocycles. The van der Waals surface area contributed by atoms with E-state index in [2.05, 4.69) is 15.3 Å². The lowest BCUT2D eigenvalue weighted by atomic mass is 10.1. The average Bonchev–Trinajstić information content (AvgIpc) is 2.93. The normalized spacial score (nSPS) is 14.8. The lowest BCUT2D eigenvalue weighted by molar-refractivity contribution is 0.597. The van der Waals surface area contributed by atoms with Gasteiger partial charge in [-0.3, -0.25) is 0 Å². The van der Waals surface area contributed by atoms with Crippen LogP contribution in [0.4, 0.5) is 20.3 Å². The summed E-state index contributed by atoms with van der Waals surface area (Å²) in [6, 6.07) is 10.7. The molecule has 138 valence electrons. The number of benzene rings is 2. The van der Waals surface area contributed by atoms with Crippen LogP contribution in [0, 0.1) is 11.6 Å². The van der Waals surface area contributed by atoms with Crippen molar-refractivity contribution in [2.24, 2.45) is 0 Å². The number of nitrogens with zero attached hydrogens (tertiary/aromatic N) is 2. The number of hydrogen-bond donors (Lipinski definition) is 1. The van der Waals surface area contributed by atoms with Gasteiger partial charge < -0.3 is 5.32 Å². The van der Waals surface area contributed by atoms with Gasteiger partial charge in [-0.25, -0.2) is 27.2 Å². The Hall–Kier alpha value is -2.58. The van der Waals surface area contributed by atoms with Gasteiger partial charge >= 0.3 is 0 Å². The van der Waals surface area contributed by atoms with E-state index in [0.717, 1.165) is 12.1 Å². The van der Waals surface area contributed by atoms with Crippen LogP contribution in [-0.4, -0.2) is 18.4 Å². The van der Waals surface area contributed by atoms with Gasteiger partial charge in [0.05, 0.1) is 27.8 Å². The second-order valence-electron chi connectivity index (χ2n) is 6.09. The quantitative estimate of drug-likeness (QED) is 0.657. The Morgan fingerprint density at radius 3 is 2.48 bits per heavy atom. The molecule has 0 saturated carbocycles. The molecular weight excluding hydrogens is 396 g/mol. The first kappa shape index (κ1) is 17.8. The van der Waals surface area contributed by atoms with Crippen LogP contribution in [0.2, 0.25) is 5.02 Å². The summed E-state index contributed by atoms with van der Waals surface area (Å²) in [6.07, 6.45) is 0. The third kappa shape index (κ3) is 3.50. The Kier molecular flexibility index (Phi) is 4.32. The smallest absolute Gasteiger partial charge is 0.164 e. The lowest BCUT2D eigenvalue weighted by Gasteiger charge is -2.12. The summed E-state index contributed by atoms with van der Waals surface area (Å²) in [6.45, 7) is 0. The van der Waals surface area contributed by atoms with E-state index in [-0.39, 0.29) is 39.4 Å². The largest absolute Gasteiger partial charge is 0.340 e. The van der Waals surface area contributed by atoms with Crippen molar-refractivity contribution in [1.29, 1.82) is 0 Å². The highest BCUT2D eigenvalue weighted by atomic mass is 35.5. The van der Waals surface area contributed by atoms with E-state index in [1.807, 2.05) is 6.07 Å². The first-order valence-electron chi connectivity index (χ1n) is 7.89. The summed E-state index contributed by atoms with van der Waals surface area (Å²) >= 11 is 5.60. The van der Waals surface area contributed by atoms with Crippen LogP contribution in [0.1, 0.15) is 11.3 Å². The lowest BCUT2D eigenvalue weighted by Crippen LogP contribution is -2.04. The molecule has 9 heteroatoms. The molecule has 0 fully saturated rings. The molecule has 0 radical (unpaired) electrons. The zero-order chi connectivity index (χ0) is 19.2. The van der Waals surface area contributed by atoms with Gasteiger partial charge in [-0.1, -0.05) is 29.8 Å². The summed E-state index contributed by atoms with van der Waals surface area (Å²) in [5, 5.41) is 2.68. The highest BCUT2D eigenvalue weighted by molar-refractivity contribution is 7.90. The number of halogens is 3. The van der Waals surface area contributed by atoms with Crippen LogP contribution in [0.3, 0.4) is 0 Å². The Balaban J connectivity index is 1.88. The number of para-hydroxylation sites is 1. The van der Waals surface area contributed by atoms with Gasteiger partial charge in [-0.2, -0.15) is 0 Å². The highest BCUT2D eigenvalue weighted by Gasteiger charge is 2.31. The molecule has 0 atom stereocenters. The fourth-order valence-electron chi connectivity index (χ4n) is 2.86. The van der Waals surface area contributed by atoms with Crippen LogP contribution >= 0.6 is 11.6 Å². The summed E-state index contributed by atoms with van der Waals surface area (Å²) < 4.78 is 52.2. The second-order valence-corrected chi connectivity index (χ2v) is 8.56. The van der Waals surface area contributed by atoms with Crippen molar-refractivity contribution in [2.45, 2.75) is 11.5 Å². The van der Waals surface area contributed by atoms with Gasteiger partial charge in [0.25, 0.3) is 0 Å². The van der Waals surface area contributed by atoms with E-state index < -0.39 is 21.5 Å². The summed E-state index contributed by atoms with van der Waals surface area (Å²) in [4.78, 5) is 8.44. The topological polar surface area (TPSA) is 72.0 Å². The fraction of sp³-hybridized carbons (Fsp3) is 0.111. The Bertz CT molecular complexity index is 1160. The van der Waals surface area contributed by atoms with Crippen molar-refractivity contribution in [3.8, 4) is 11.4 Å². The van der Waals surface area contributed by atoms with Crippen molar-refractivity contribution in [3.63, 3.8) is 0 Å². The van der Waals surface area contributed by atoms with Crippen molar-refractivity contribution >= 4 is 32.9 Å². The van der Waals surface area contributed by atoms with Gasteiger partial charge in [0.1, 0.15) is 17.5 Å². The zero-order valence-corrected chi connectivity index (χ0v) is 15.3. The standard InChI is InChI=1S/C18H12ClF2N3O2S/c19-13-7-14(20)11(6-15(13)21)17-23-16-9-27(25,26)8-12(16)18(24-17)22-10-4-2-1-3-5-10/h1-7H,8-9H2,(H,22,23,24). The molecule has 1 aliphatic rings. The molecule has 0 bridgehead atoms. The second kappa shape index (κ2) is 6.54. The SMILES string of the molecule is O=S1(=O)Cc2nc(-c3cc(F)c(Cl)cc3F)nc(Nc3ccccc3)c2C1. The summed E-state index contributed by atoms with van der Waals surface area (Å²) in [7, 11) is -3.38. The van der Waals surface area contributed by atoms with Gasteiger partial charge in [-0.15, -0.1) is 0 Å². The number of fused-ring (bicyclic) bond motifs is 1. The Morgan fingerprint density at radius 1 is 1.00 bits per heavy atom. The number of anilines is 2. The van der Waals surface area contributed by atoms with E-state index in [9.17, 15) is 17.2 Å². The van der Waals surface area contributed by atoms with Gasteiger partial charge in [0, 0.05) is 11.3 Å². The first-order chi connectivity index (χ1) is 12.8. The Morgan fingerprint density at radius 2 is 1.74 bits per heavy atom. The molecule has 4 rings (SSSR count). The van der Waals surface area contributed by atoms with E-state index in [1.165, 1.54) is 0 Å². The molecule has 0 spiro atoms. The predicted molar refractivity (Wildman–Crippen MR) is 98.4 cm³/mol. The van der Waals surface area contributed by atoms with Crippen LogP contribution in [0.15, 0.2) is 42.5 Å². The molecular formula is C18H12ClF2N3O2S. The minimum absolute atomic E-state index is 0.114. The maximum atomic E-state index is 14.3. The molecule has 0 saturated heterocycles. The average molecular weight is 408 g/mol. The number of aromatic nitrogens is 2. The molecule has 1 N–H and O–H groups in total.